The summed E-state index contributed by atoms with van der Waals surface area (Å²) in [6, 6.07) is 13.5. The van der Waals surface area contributed by atoms with Gasteiger partial charge in [0, 0.05) is 18.8 Å². The van der Waals surface area contributed by atoms with Crippen molar-refractivity contribution in [2.45, 2.75) is 17.7 Å². The Morgan fingerprint density at radius 1 is 1.00 bits per heavy atom. The second-order valence-corrected chi connectivity index (χ2v) is 8.28. The van der Waals surface area contributed by atoms with Crippen LogP contribution in [0, 0.1) is 0 Å². The monoisotopic (exact) mass is 382 g/mol. The van der Waals surface area contributed by atoms with Crippen LogP contribution in [0.1, 0.15) is 23.3 Å². The van der Waals surface area contributed by atoms with E-state index in [-0.39, 0.29) is 10.6 Å². The van der Waals surface area contributed by atoms with Gasteiger partial charge in [-0.1, -0.05) is 18.2 Å². The lowest BCUT2D eigenvalue weighted by atomic mass is 10.3. The van der Waals surface area contributed by atoms with Crippen molar-refractivity contribution in [3.8, 4) is 0 Å². The molecule has 1 aliphatic rings. The second-order valence-electron chi connectivity index (χ2n) is 6.34. The van der Waals surface area contributed by atoms with E-state index < -0.39 is 15.9 Å². The summed E-state index contributed by atoms with van der Waals surface area (Å²) in [5.41, 5.74) is 1.89. The van der Waals surface area contributed by atoms with Gasteiger partial charge in [0.1, 0.15) is 5.69 Å². The predicted octanol–water partition coefficient (Wildman–Crippen LogP) is 2.67. The number of fused-ring (bicyclic) bond motifs is 1. The standard InChI is InChI=1S/C19H18N4O3S/c24-19(18-13-20-16-8-1-2-9-17(16)22-18)21-14-6-5-7-15(12-14)27(25,26)23-10-3-4-11-23/h1-2,5-9,12-13H,3-4,10-11H2,(H,21,24). The fourth-order valence-electron chi connectivity index (χ4n) is 3.07. The van der Waals surface area contributed by atoms with Crippen LogP contribution in [0.5, 0.6) is 0 Å². The van der Waals surface area contributed by atoms with Gasteiger partial charge in [0.15, 0.2) is 0 Å². The maximum absolute atomic E-state index is 12.7. The zero-order valence-corrected chi connectivity index (χ0v) is 15.3. The number of nitrogens with zero attached hydrogens (tertiary/aromatic N) is 3. The smallest absolute Gasteiger partial charge is 0.275 e. The molecule has 0 aliphatic carbocycles. The topological polar surface area (TPSA) is 92.3 Å². The lowest BCUT2D eigenvalue weighted by molar-refractivity contribution is 0.102. The van der Waals surface area contributed by atoms with Crippen LogP contribution in [0.25, 0.3) is 11.0 Å². The number of aromatic nitrogens is 2. The third-order valence-electron chi connectivity index (χ3n) is 4.48. The molecule has 4 rings (SSSR count). The quantitative estimate of drug-likeness (QED) is 0.749. The van der Waals surface area contributed by atoms with Gasteiger partial charge < -0.3 is 5.32 Å². The molecule has 0 radical (unpaired) electrons. The third-order valence-corrected chi connectivity index (χ3v) is 6.37. The zero-order valence-electron chi connectivity index (χ0n) is 14.5. The van der Waals surface area contributed by atoms with Crippen LogP contribution in [0.4, 0.5) is 5.69 Å². The number of sulfonamides is 1. The van der Waals surface area contributed by atoms with Gasteiger partial charge in [0.25, 0.3) is 5.91 Å². The first kappa shape index (κ1) is 17.6. The Labute approximate surface area is 157 Å². The Morgan fingerprint density at radius 2 is 1.74 bits per heavy atom. The van der Waals surface area contributed by atoms with E-state index in [0.29, 0.717) is 29.8 Å². The predicted molar refractivity (Wildman–Crippen MR) is 102 cm³/mol. The molecular formula is C19H18N4O3S. The number of hydrogen-bond donors (Lipinski definition) is 1. The first-order chi connectivity index (χ1) is 13.0. The summed E-state index contributed by atoms with van der Waals surface area (Å²) in [6.45, 7) is 1.07. The molecule has 0 unspecified atom stereocenters. The summed E-state index contributed by atoms with van der Waals surface area (Å²) in [5, 5.41) is 2.70. The molecule has 1 amide bonds. The van der Waals surface area contributed by atoms with Crippen LogP contribution in [0.2, 0.25) is 0 Å². The van der Waals surface area contributed by atoms with Crippen molar-refractivity contribution < 1.29 is 13.2 Å². The van der Waals surface area contributed by atoms with Crippen molar-refractivity contribution in [2.24, 2.45) is 0 Å². The van der Waals surface area contributed by atoms with Crippen molar-refractivity contribution >= 4 is 32.7 Å². The molecule has 1 N–H and O–H groups in total. The summed E-state index contributed by atoms with van der Waals surface area (Å²) in [6.07, 6.45) is 3.15. The molecule has 3 aromatic rings. The van der Waals surface area contributed by atoms with Gasteiger partial charge in [0.05, 0.1) is 22.1 Å². The molecule has 2 aromatic carbocycles. The van der Waals surface area contributed by atoms with Gasteiger partial charge in [-0.05, 0) is 43.2 Å². The van der Waals surface area contributed by atoms with Crippen LogP contribution in [0.15, 0.2) is 59.6 Å². The van der Waals surface area contributed by atoms with Crippen LogP contribution < -0.4 is 5.32 Å². The SMILES string of the molecule is O=C(Nc1cccc(S(=O)(=O)N2CCCC2)c1)c1cnc2ccccc2n1. The number of rotatable bonds is 4. The fraction of sp³-hybridized carbons (Fsp3) is 0.211. The molecule has 0 spiro atoms. The summed E-state index contributed by atoms with van der Waals surface area (Å²) in [7, 11) is -3.54. The number of carbonyl (C=O) groups excluding carboxylic acids is 1. The molecule has 7 nitrogen and oxygen atoms in total. The van der Waals surface area contributed by atoms with Crippen molar-refractivity contribution in [1.82, 2.24) is 14.3 Å². The maximum Gasteiger partial charge on any atom is 0.275 e. The van der Waals surface area contributed by atoms with Crippen molar-refractivity contribution in [3.63, 3.8) is 0 Å². The number of nitrogens with one attached hydrogen (secondary N) is 1. The number of anilines is 1. The average Bonchev–Trinajstić information content (AvgIpc) is 3.23. The highest BCUT2D eigenvalue weighted by Crippen LogP contribution is 2.23. The Hall–Kier alpha value is -2.84. The van der Waals surface area contributed by atoms with E-state index in [1.165, 1.54) is 16.6 Å². The highest BCUT2D eigenvalue weighted by Gasteiger charge is 2.27. The molecule has 1 aliphatic heterocycles. The minimum absolute atomic E-state index is 0.168. The van der Waals surface area contributed by atoms with Crippen LogP contribution in [-0.4, -0.2) is 41.7 Å². The van der Waals surface area contributed by atoms with Crippen molar-refractivity contribution in [1.29, 1.82) is 0 Å². The average molecular weight is 382 g/mol. The molecule has 27 heavy (non-hydrogen) atoms. The number of carbonyl (C=O) groups is 1. The number of benzene rings is 2. The van der Waals surface area contributed by atoms with E-state index in [0.717, 1.165) is 12.8 Å². The Morgan fingerprint density at radius 3 is 2.52 bits per heavy atom. The van der Waals surface area contributed by atoms with Gasteiger partial charge in [-0.3, -0.25) is 9.78 Å². The first-order valence-electron chi connectivity index (χ1n) is 8.67. The van der Waals surface area contributed by atoms with Crippen molar-refractivity contribution in [2.75, 3.05) is 18.4 Å². The molecule has 0 atom stereocenters. The molecule has 1 aromatic heterocycles. The second kappa shape index (κ2) is 7.05. The third kappa shape index (κ3) is 3.54. The molecule has 2 heterocycles. The highest BCUT2D eigenvalue weighted by molar-refractivity contribution is 7.89. The van der Waals surface area contributed by atoms with E-state index in [1.807, 2.05) is 18.2 Å². The summed E-state index contributed by atoms with van der Waals surface area (Å²) in [4.78, 5) is 21.2. The van der Waals surface area contributed by atoms with Crippen LogP contribution in [-0.2, 0) is 10.0 Å². The van der Waals surface area contributed by atoms with Gasteiger partial charge >= 0.3 is 0 Å². The molecule has 8 heteroatoms. The maximum atomic E-state index is 12.7. The summed E-state index contributed by atoms with van der Waals surface area (Å²) < 4.78 is 26.8. The normalized spacial score (nSPS) is 15.1. The zero-order chi connectivity index (χ0) is 18.9. The Balaban J connectivity index is 1.57. The summed E-state index contributed by atoms with van der Waals surface area (Å²) in [5.74, 6) is -0.441. The van der Waals surface area contributed by atoms with Crippen LogP contribution in [0.3, 0.4) is 0 Å². The van der Waals surface area contributed by atoms with E-state index in [2.05, 4.69) is 15.3 Å². The highest BCUT2D eigenvalue weighted by atomic mass is 32.2. The van der Waals surface area contributed by atoms with Gasteiger partial charge in [0.2, 0.25) is 10.0 Å². The molecule has 138 valence electrons. The first-order valence-corrected chi connectivity index (χ1v) is 10.1. The Kier molecular flexibility index (Phi) is 4.59. The molecule has 1 saturated heterocycles. The lowest BCUT2D eigenvalue weighted by Gasteiger charge is -2.16. The van der Waals surface area contributed by atoms with E-state index in [4.69, 9.17) is 0 Å². The summed E-state index contributed by atoms with van der Waals surface area (Å²) >= 11 is 0. The fourth-order valence-corrected chi connectivity index (χ4v) is 4.64. The van der Waals surface area contributed by atoms with E-state index in [9.17, 15) is 13.2 Å². The van der Waals surface area contributed by atoms with Gasteiger partial charge in [-0.25, -0.2) is 13.4 Å². The van der Waals surface area contributed by atoms with E-state index >= 15 is 0 Å². The van der Waals surface area contributed by atoms with Gasteiger partial charge in [-0.2, -0.15) is 4.31 Å². The lowest BCUT2D eigenvalue weighted by Crippen LogP contribution is -2.28. The number of hydrogen-bond acceptors (Lipinski definition) is 5. The minimum atomic E-state index is -3.54. The molecule has 1 fully saturated rings. The Bertz CT molecular complexity index is 1110. The molecule has 0 bridgehead atoms. The van der Waals surface area contributed by atoms with Crippen molar-refractivity contribution in [3.05, 3.63) is 60.4 Å². The number of amides is 1. The largest absolute Gasteiger partial charge is 0.321 e. The van der Waals surface area contributed by atoms with Crippen LogP contribution >= 0.6 is 0 Å². The van der Waals surface area contributed by atoms with E-state index in [1.54, 1.807) is 24.3 Å². The minimum Gasteiger partial charge on any atom is -0.321 e. The van der Waals surface area contributed by atoms with Gasteiger partial charge in [-0.15, -0.1) is 0 Å². The molecular weight excluding hydrogens is 364 g/mol. The molecule has 0 saturated carbocycles. The number of para-hydroxylation sites is 2.